The molecule has 4 nitrogen and oxygen atoms in total. The predicted octanol–water partition coefficient (Wildman–Crippen LogP) is 6.39. The van der Waals surface area contributed by atoms with Crippen LogP contribution in [0.25, 0.3) is 6.08 Å². The van der Waals surface area contributed by atoms with Gasteiger partial charge in [-0.05, 0) is 64.8 Å². The molecule has 0 spiro atoms. The molecule has 7 heteroatoms. The zero-order chi connectivity index (χ0) is 21.4. The van der Waals surface area contributed by atoms with Crippen LogP contribution in [0.4, 0.5) is 4.39 Å². The van der Waals surface area contributed by atoms with E-state index < -0.39 is 17.6 Å². The minimum Gasteiger partial charge on any atom is -0.452 e. The summed E-state index contributed by atoms with van der Waals surface area (Å²) < 4.78 is 25.8. The summed E-state index contributed by atoms with van der Waals surface area (Å²) in [7, 11) is 0. The molecule has 1 aliphatic heterocycles. The molecule has 1 heterocycles. The van der Waals surface area contributed by atoms with E-state index in [2.05, 4.69) is 15.9 Å². The fraction of sp³-hybridized carbons (Fsp3) is 0.0435. The van der Waals surface area contributed by atoms with Gasteiger partial charge in [0.05, 0.1) is 16.1 Å². The Morgan fingerprint density at radius 3 is 2.67 bits per heavy atom. The normalized spacial score (nSPS) is 13.9. The molecular weight excluding hydrogens is 475 g/mol. The number of Topliss-reactive ketones (excluding diaryl/α,β-unsaturated/α-hetero) is 1. The Hall–Kier alpha value is -2.96. The van der Waals surface area contributed by atoms with Crippen LogP contribution in [0.5, 0.6) is 11.5 Å². The van der Waals surface area contributed by atoms with Crippen LogP contribution in [-0.4, -0.2) is 11.8 Å². The van der Waals surface area contributed by atoms with Crippen LogP contribution in [0, 0.1) is 12.7 Å². The van der Waals surface area contributed by atoms with Gasteiger partial charge in [-0.25, -0.2) is 9.18 Å². The third-order valence-electron chi connectivity index (χ3n) is 4.52. The molecule has 0 atom stereocenters. The van der Waals surface area contributed by atoms with Crippen molar-refractivity contribution in [2.75, 3.05) is 0 Å². The van der Waals surface area contributed by atoms with Crippen molar-refractivity contribution in [2.45, 2.75) is 6.92 Å². The summed E-state index contributed by atoms with van der Waals surface area (Å²) in [6.07, 6.45) is 1.27. The Morgan fingerprint density at radius 2 is 1.93 bits per heavy atom. The van der Waals surface area contributed by atoms with Crippen LogP contribution in [0.3, 0.4) is 0 Å². The maximum atomic E-state index is 14.1. The number of aryl methyl sites for hydroxylation is 1. The molecule has 0 N–H and O–H groups in total. The van der Waals surface area contributed by atoms with E-state index in [1.54, 1.807) is 37.3 Å². The standard InChI is InChI=1S/C23H13BrClFO4/c1-12-9-13(29-23(28)14-5-2-3-6-16(14)24)10-19-21(12)22(27)20(30-19)11-15-17(25)7-4-8-18(15)26/h2-11H,1H3/b20-11-. The lowest BCUT2D eigenvalue weighted by Crippen LogP contribution is -2.09. The first kappa shape index (κ1) is 20.3. The van der Waals surface area contributed by atoms with Crippen molar-refractivity contribution in [3.63, 3.8) is 0 Å². The number of carbonyl (C=O) groups is 2. The van der Waals surface area contributed by atoms with Gasteiger partial charge in [-0.3, -0.25) is 4.79 Å². The fourth-order valence-electron chi connectivity index (χ4n) is 3.10. The van der Waals surface area contributed by atoms with Gasteiger partial charge in [0.2, 0.25) is 5.78 Å². The highest BCUT2D eigenvalue weighted by molar-refractivity contribution is 9.10. The highest BCUT2D eigenvalue weighted by Crippen LogP contribution is 2.38. The van der Waals surface area contributed by atoms with Gasteiger partial charge in [-0.15, -0.1) is 0 Å². The molecule has 0 unspecified atom stereocenters. The average Bonchev–Trinajstić information content (AvgIpc) is 3.01. The number of esters is 1. The molecule has 0 saturated heterocycles. The number of hydrogen-bond acceptors (Lipinski definition) is 4. The Labute approximate surface area is 185 Å². The molecule has 0 fully saturated rings. The first-order valence-corrected chi connectivity index (χ1v) is 10.0. The smallest absolute Gasteiger partial charge is 0.344 e. The first-order chi connectivity index (χ1) is 14.3. The molecule has 3 aromatic carbocycles. The van der Waals surface area contributed by atoms with E-state index in [-0.39, 0.29) is 27.8 Å². The number of carbonyl (C=O) groups excluding carboxylic acids is 2. The van der Waals surface area contributed by atoms with Crippen molar-refractivity contribution >= 4 is 45.4 Å². The van der Waals surface area contributed by atoms with Gasteiger partial charge in [0.25, 0.3) is 0 Å². The SMILES string of the molecule is Cc1cc(OC(=O)c2ccccc2Br)cc2c1C(=O)/C(=C/c1c(F)cccc1Cl)O2. The molecule has 0 amide bonds. The fourth-order valence-corrected chi connectivity index (χ4v) is 3.77. The third-order valence-corrected chi connectivity index (χ3v) is 5.54. The Balaban J connectivity index is 1.65. The molecule has 0 aliphatic carbocycles. The highest BCUT2D eigenvalue weighted by Gasteiger charge is 2.31. The van der Waals surface area contributed by atoms with Gasteiger partial charge in [0.15, 0.2) is 5.76 Å². The van der Waals surface area contributed by atoms with Crippen molar-refractivity contribution in [1.29, 1.82) is 0 Å². The minimum atomic E-state index is -0.567. The van der Waals surface area contributed by atoms with Crippen LogP contribution in [-0.2, 0) is 0 Å². The van der Waals surface area contributed by atoms with Gasteiger partial charge in [-0.1, -0.05) is 29.8 Å². The van der Waals surface area contributed by atoms with Gasteiger partial charge in [-0.2, -0.15) is 0 Å². The number of halogens is 3. The summed E-state index contributed by atoms with van der Waals surface area (Å²) >= 11 is 9.35. The molecule has 0 bridgehead atoms. The lowest BCUT2D eigenvalue weighted by Gasteiger charge is -2.08. The van der Waals surface area contributed by atoms with Crippen LogP contribution >= 0.6 is 27.5 Å². The van der Waals surface area contributed by atoms with E-state index in [9.17, 15) is 14.0 Å². The van der Waals surface area contributed by atoms with Crippen LogP contribution < -0.4 is 9.47 Å². The maximum absolute atomic E-state index is 14.1. The van der Waals surface area contributed by atoms with Crippen LogP contribution in [0.15, 0.2) is 64.8 Å². The van der Waals surface area contributed by atoms with Crippen molar-refractivity contribution in [3.8, 4) is 11.5 Å². The Morgan fingerprint density at radius 1 is 1.17 bits per heavy atom. The second-order valence-electron chi connectivity index (χ2n) is 6.56. The number of ketones is 1. The lowest BCUT2D eigenvalue weighted by atomic mass is 10.0. The van der Waals surface area contributed by atoms with E-state index in [1.165, 1.54) is 30.3 Å². The summed E-state index contributed by atoms with van der Waals surface area (Å²) in [6, 6.07) is 14.2. The average molecular weight is 488 g/mol. The Bertz CT molecular complexity index is 1220. The first-order valence-electron chi connectivity index (χ1n) is 8.85. The Kier molecular flexibility index (Phi) is 5.45. The van der Waals surface area contributed by atoms with Crippen LogP contribution in [0.1, 0.15) is 31.8 Å². The van der Waals surface area contributed by atoms with Gasteiger partial charge in [0, 0.05) is 16.1 Å². The summed E-state index contributed by atoms with van der Waals surface area (Å²) in [4.78, 5) is 25.2. The number of rotatable bonds is 3. The second-order valence-corrected chi connectivity index (χ2v) is 7.82. The van der Waals surface area contributed by atoms with Gasteiger partial charge >= 0.3 is 5.97 Å². The topological polar surface area (TPSA) is 52.6 Å². The van der Waals surface area contributed by atoms with Crippen molar-refractivity contribution < 1.29 is 23.5 Å². The summed E-state index contributed by atoms with van der Waals surface area (Å²) in [5.41, 5.74) is 1.32. The number of fused-ring (bicyclic) bond motifs is 1. The van der Waals surface area contributed by atoms with E-state index in [0.29, 0.717) is 21.2 Å². The number of benzene rings is 3. The summed E-state index contributed by atoms with van der Waals surface area (Å²) in [5, 5.41) is 0.162. The monoisotopic (exact) mass is 486 g/mol. The molecule has 0 radical (unpaired) electrons. The number of ether oxygens (including phenoxy) is 2. The van der Waals surface area contributed by atoms with E-state index in [4.69, 9.17) is 21.1 Å². The zero-order valence-corrected chi connectivity index (χ0v) is 17.9. The van der Waals surface area contributed by atoms with E-state index in [0.717, 1.165) is 0 Å². The van der Waals surface area contributed by atoms with Crippen LogP contribution in [0.2, 0.25) is 5.02 Å². The molecule has 0 saturated carbocycles. The molecule has 4 rings (SSSR count). The van der Waals surface area contributed by atoms with Crippen molar-refractivity contribution in [3.05, 3.63) is 97.9 Å². The van der Waals surface area contributed by atoms with E-state index >= 15 is 0 Å². The van der Waals surface area contributed by atoms with Crippen molar-refractivity contribution in [2.24, 2.45) is 0 Å². The largest absolute Gasteiger partial charge is 0.452 e. The third kappa shape index (κ3) is 3.76. The quantitative estimate of drug-likeness (QED) is 0.244. The van der Waals surface area contributed by atoms with Gasteiger partial charge < -0.3 is 9.47 Å². The zero-order valence-electron chi connectivity index (χ0n) is 15.5. The van der Waals surface area contributed by atoms with Crippen molar-refractivity contribution in [1.82, 2.24) is 0 Å². The number of hydrogen-bond donors (Lipinski definition) is 0. The van der Waals surface area contributed by atoms with E-state index in [1.807, 2.05) is 0 Å². The molecule has 150 valence electrons. The number of allylic oxidation sites excluding steroid dienone is 1. The molecular formula is C23H13BrClFO4. The molecule has 0 aromatic heterocycles. The minimum absolute atomic E-state index is 0.0608. The molecule has 3 aromatic rings. The molecule has 1 aliphatic rings. The predicted molar refractivity (Wildman–Crippen MR) is 115 cm³/mol. The lowest BCUT2D eigenvalue weighted by molar-refractivity contribution is 0.0733. The van der Waals surface area contributed by atoms with Gasteiger partial charge in [0.1, 0.15) is 17.3 Å². The summed E-state index contributed by atoms with van der Waals surface area (Å²) in [5.74, 6) is -1.12. The second kappa shape index (κ2) is 8.05. The molecule has 30 heavy (non-hydrogen) atoms. The summed E-state index contributed by atoms with van der Waals surface area (Å²) in [6.45, 7) is 1.70. The highest BCUT2D eigenvalue weighted by atomic mass is 79.9. The maximum Gasteiger partial charge on any atom is 0.344 e.